The van der Waals surface area contributed by atoms with E-state index in [-0.39, 0.29) is 12.1 Å². The molecule has 0 aromatic heterocycles. The number of hydrogen-bond donors (Lipinski definition) is 7. The molecule has 1 saturated carbocycles. The highest BCUT2D eigenvalue weighted by atomic mass is 16.7. The van der Waals surface area contributed by atoms with Crippen molar-refractivity contribution in [2.75, 3.05) is 20.7 Å². The van der Waals surface area contributed by atoms with Crippen LogP contribution in [-0.4, -0.2) is 109 Å². The van der Waals surface area contributed by atoms with Gasteiger partial charge >= 0.3 is 6.03 Å². The van der Waals surface area contributed by atoms with Crippen LogP contribution in [0.2, 0.25) is 0 Å². The summed E-state index contributed by atoms with van der Waals surface area (Å²) in [5.74, 6) is -0.561. The Balaban J connectivity index is 2.21. The average molecular weight is 449 g/mol. The molecule has 0 unspecified atom stereocenters. The van der Waals surface area contributed by atoms with Crippen molar-refractivity contribution in [2.24, 2.45) is 22.9 Å². The first kappa shape index (κ1) is 25.7. The Morgan fingerprint density at radius 2 is 1.87 bits per heavy atom. The Kier molecular flexibility index (Phi) is 8.97. The lowest BCUT2D eigenvalue weighted by molar-refractivity contribution is -0.267. The van der Waals surface area contributed by atoms with E-state index < -0.39 is 67.3 Å². The van der Waals surface area contributed by atoms with Crippen molar-refractivity contribution >= 4 is 11.9 Å². The van der Waals surface area contributed by atoms with Crippen LogP contribution >= 0.6 is 0 Å². The SMILES string of the molecule is CO[C@H]1[C@@H](O)[C@H](N)[C@@H](O[C@H]2O[C@H]([C@H](C)N)CC[C@H]2N)[C@H](O)[C@@H]1N(C)C(=O)CNC(N)=O. The maximum absolute atomic E-state index is 12.5. The molecule has 0 radical (unpaired) electrons. The number of rotatable bonds is 7. The van der Waals surface area contributed by atoms with E-state index in [1.807, 2.05) is 6.92 Å². The summed E-state index contributed by atoms with van der Waals surface area (Å²) < 4.78 is 17.2. The van der Waals surface area contributed by atoms with E-state index in [4.69, 9.17) is 37.1 Å². The van der Waals surface area contributed by atoms with Crippen LogP contribution in [0.5, 0.6) is 0 Å². The fraction of sp³-hybridized carbons (Fsp3) is 0.889. The van der Waals surface area contributed by atoms with Crippen LogP contribution in [0.1, 0.15) is 19.8 Å². The summed E-state index contributed by atoms with van der Waals surface area (Å²) in [7, 11) is 2.73. The Morgan fingerprint density at radius 3 is 2.42 bits per heavy atom. The fourth-order valence-corrected chi connectivity index (χ4v) is 4.09. The van der Waals surface area contributed by atoms with Crippen LogP contribution in [-0.2, 0) is 19.0 Å². The average Bonchev–Trinajstić information content (AvgIpc) is 2.72. The van der Waals surface area contributed by atoms with Gasteiger partial charge in [-0.15, -0.1) is 0 Å². The molecule has 3 amide bonds. The normalized spacial score (nSPS) is 39.5. The zero-order chi connectivity index (χ0) is 23.5. The Morgan fingerprint density at radius 1 is 1.23 bits per heavy atom. The topological polar surface area (TPSA) is 222 Å². The van der Waals surface area contributed by atoms with Crippen LogP contribution in [0, 0.1) is 0 Å². The molecule has 0 aromatic rings. The lowest BCUT2D eigenvalue weighted by Crippen LogP contribution is -2.72. The first-order valence-electron chi connectivity index (χ1n) is 10.2. The summed E-state index contributed by atoms with van der Waals surface area (Å²) >= 11 is 0. The summed E-state index contributed by atoms with van der Waals surface area (Å²) in [6.45, 7) is 1.41. The van der Waals surface area contributed by atoms with E-state index in [1.165, 1.54) is 14.2 Å². The van der Waals surface area contributed by atoms with Gasteiger partial charge in [0.15, 0.2) is 6.29 Å². The summed E-state index contributed by atoms with van der Waals surface area (Å²) in [6, 6.07) is -3.68. The van der Waals surface area contributed by atoms with E-state index in [1.54, 1.807) is 0 Å². The molecule has 2 rings (SSSR count). The molecule has 1 saturated heterocycles. The van der Waals surface area contributed by atoms with E-state index in [0.29, 0.717) is 12.8 Å². The van der Waals surface area contributed by atoms with E-state index in [9.17, 15) is 19.8 Å². The van der Waals surface area contributed by atoms with Gasteiger partial charge in [-0.2, -0.15) is 0 Å². The minimum Gasteiger partial charge on any atom is -0.389 e. The zero-order valence-electron chi connectivity index (χ0n) is 18.1. The molecule has 13 heteroatoms. The van der Waals surface area contributed by atoms with E-state index in [2.05, 4.69) is 5.32 Å². The molecular formula is C18H36N6O7. The predicted molar refractivity (Wildman–Crippen MR) is 109 cm³/mol. The first-order chi connectivity index (χ1) is 14.5. The maximum atomic E-state index is 12.5. The van der Waals surface area contributed by atoms with Gasteiger partial charge in [0, 0.05) is 20.2 Å². The lowest BCUT2D eigenvalue weighted by Gasteiger charge is -2.50. The quantitative estimate of drug-likeness (QED) is 0.201. The van der Waals surface area contributed by atoms with Gasteiger partial charge < -0.3 is 57.6 Å². The summed E-state index contributed by atoms with van der Waals surface area (Å²) in [4.78, 5) is 24.6. The maximum Gasteiger partial charge on any atom is 0.312 e. The molecular weight excluding hydrogens is 412 g/mol. The minimum absolute atomic E-state index is 0.249. The molecule has 11 N–H and O–H groups in total. The van der Waals surface area contributed by atoms with Crippen LogP contribution in [0.15, 0.2) is 0 Å². The number of carbonyl (C=O) groups excluding carboxylic acids is 2. The van der Waals surface area contributed by atoms with Gasteiger partial charge in [-0.05, 0) is 19.8 Å². The molecule has 1 aliphatic carbocycles. The zero-order valence-corrected chi connectivity index (χ0v) is 18.1. The van der Waals surface area contributed by atoms with Gasteiger partial charge in [-0.3, -0.25) is 4.79 Å². The Bertz CT molecular complexity index is 626. The number of carbonyl (C=O) groups is 2. The number of ether oxygens (including phenoxy) is 3. The summed E-state index contributed by atoms with van der Waals surface area (Å²) in [6.07, 6.45) is -4.67. The number of likely N-dealkylation sites (N-methyl/N-ethyl adjacent to an activating group) is 1. The standard InChI is InChI=1S/C18H36N6O7/c1-7(19)9-5-4-8(20)17(30-9)31-15-11(21)13(26)16(29-3)12(14(15)27)24(2)10(25)6-23-18(22)28/h7-9,11-17,26-27H,4-6,19-21H2,1-3H3,(H3,22,23,28)/t7-,8+,9-,11-,12-,13-,14+,15+,16+,17+/m0/s1. The largest absolute Gasteiger partial charge is 0.389 e. The highest BCUT2D eigenvalue weighted by Gasteiger charge is 2.53. The van der Waals surface area contributed by atoms with Crippen molar-refractivity contribution < 1.29 is 34.0 Å². The van der Waals surface area contributed by atoms with Gasteiger partial charge in [0.2, 0.25) is 5.91 Å². The first-order valence-corrected chi connectivity index (χ1v) is 10.2. The molecule has 0 spiro atoms. The Hall–Kier alpha value is -1.58. The molecule has 10 atom stereocenters. The molecule has 13 nitrogen and oxygen atoms in total. The molecule has 31 heavy (non-hydrogen) atoms. The van der Waals surface area contributed by atoms with Crippen molar-refractivity contribution in [1.29, 1.82) is 0 Å². The summed E-state index contributed by atoms with van der Waals surface area (Å²) in [5, 5.41) is 24.0. The minimum atomic E-state index is -1.35. The number of urea groups is 1. The number of nitrogens with zero attached hydrogens (tertiary/aromatic N) is 1. The van der Waals surface area contributed by atoms with Crippen molar-refractivity contribution in [3.05, 3.63) is 0 Å². The molecule has 0 aromatic carbocycles. The van der Waals surface area contributed by atoms with Crippen molar-refractivity contribution in [1.82, 2.24) is 10.2 Å². The highest BCUT2D eigenvalue weighted by molar-refractivity contribution is 5.83. The fourth-order valence-electron chi connectivity index (χ4n) is 4.09. The van der Waals surface area contributed by atoms with Gasteiger partial charge in [-0.1, -0.05) is 0 Å². The summed E-state index contributed by atoms with van der Waals surface area (Å²) in [5.41, 5.74) is 23.2. The van der Waals surface area contributed by atoms with Crippen LogP contribution in [0.3, 0.4) is 0 Å². The van der Waals surface area contributed by atoms with Crippen LogP contribution < -0.4 is 28.3 Å². The molecule has 2 aliphatic rings. The van der Waals surface area contributed by atoms with E-state index in [0.717, 1.165) is 4.90 Å². The second-order valence-electron chi connectivity index (χ2n) is 8.22. The monoisotopic (exact) mass is 448 g/mol. The van der Waals surface area contributed by atoms with Gasteiger partial charge in [0.05, 0.1) is 36.9 Å². The third-order valence-corrected chi connectivity index (χ3v) is 5.98. The molecule has 1 heterocycles. The molecule has 0 bridgehead atoms. The van der Waals surface area contributed by atoms with Gasteiger partial charge in [-0.25, -0.2) is 4.79 Å². The molecule has 180 valence electrons. The number of methoxy groups -OCH3 is 1. The number of nitrogens with two attached hydrogens (primary N) is 4. The van der Waals surface area contributed by atoms with Crippen molar-refractivity contribution in [3.8, 4) is 0 Å². The number of primary amides is 1. The number of nitrogens with one attached hydrogen (secondary N) is 1. The second kappa shape index (κ2) is 10.8. The lowest BCUT2D eigenvalue weighted by atomic mass is 9.80. The second-order valence-corrected chi connectivity index (χ2v) is 8.22. The predicted octanol–water partition coefficient (Wildman–Crippen LogP) is -3.88. The van der Waals surface area contributed by atoms with Crippen molar-refractivity contribution in [3.63, 3.8) is 0 Å². The third kappa shape index (κ3) is 5.81. The number of aliphatic hydroxyl groups excluding tert-OH is 2. The van der Waals surface area contributed by atoms with Gasteiger partial charge in [0.1, 0.15) is 18.3 Å². The molecule has 1 aliphatic heterocycles. The van der Waals surface area contributed by atoms with Crippen LogP contribution in [0.4, 0.5) is 4.79 Å². The van der Waals surface area contributed by atoms with Crippen LogP contribution in [0.25, 0.3) is 0 Å². The third-order valence-electron chi connectivity index (χ3n) is 5.98. The van der Waals surface area contributed by atoms with Crippen molar-refractivity contribution in [2.45, 2.75) is 80.7 Å². The highest BCUT2D eigenvalue weighted by Crippen LogP contribution is 2.31. The number of amides is 3. The van der Waals surface area contributed by atoms with Gasteiger partial charge in [0.25, 0.3) is 0 Å². The smallest absolute Gasteiger partial charge is 0.312 e. The number of aliphatic hydroxyl groups is 2. The molecule has 2 fully saturated rings. The number of hydrogen-bond acceptors (Lipinski definition) is 10. The van der Waals surface area contributed by atoms with E-state index >= 15 is 0 Å². The Labute approximate surface area is 181 Å².